The second-order valence-electron chi connectivity index (χ2n) is 3.83. The third-order valence-electron chi connectivity index (χ3n) is 2.48. The van der Waals surface area contributed by atoms with Crippen LogP contribution in [0.25, 0.3) is 0 Å². The molecule has 102 valence electrons. The largest absolute Gasteiger partial charge is 0.416 e. The second-order valence-corrected chi connectivity index (χ2v) is 4.68. The number of aromatic nitrogens is 1. The number of pyridine rings is 1. The molecule has 0 radical (unpaired) electrons. The molecule has 0 saturated carbocycles. The lowest BCUT2D eigenvalue weighted by molar-refractivity contribution is -0.137. The molecule has 1 aromatic heterocycles. The molecule has 3 nitrogen and oxygen atoms in total. The van der Waals surface area contributed by atoms with Crippen molar-refractivity contribution in [2.24, 2.45) is 0 Å². The van der Waals surface area contributed by atoms with Gasteiger partial charge >= 0.3 is 6.18 Å². The van der Waals surface area contributed by atoms with Crippen LogP contribution in [0.3, 0.4) is 0 Å². The molecule has 0 aliphatic carbocycles. The standard InChI is InChI=1S/C13H7BrF3N3/c14-10-2-1-5-19-12(10)20-11-4-3-9(13(15,16)17)6-8(11)7-18/h1-6H,(H,19,20). The van der Waals surface area contributed by atoms with E-state index in [1.807, 2.05) is 0 Å². The molecule has 0 amide bonds. The van der Waals surface area contributed by atoms with Crippen LogP contribution in [0, 0.1) is 11.3 Å². The van der Waals surface area contributed by atoms with E-state index in [2.05, 4.69) is 26.2 Å². The summed E-state index contributed by atoms with van der Waals surface area (Å²) in [6, 6.07) is 8.10. The Morgan fingerprint density at radius 2 is 2.00 bits per heavy atom. The molecule has 0 saturated heterocycles. The van der Waals surface area contributed by atoms with Crippen molar-refractivity contribution in [3.8, 4) is 6.07 Å². The molecule has 0 unspecified atom stereocenters. The predicted molar refractivity (Wildman–Crippen MR) is 71.4 cm³/mol. The number of anilines is 2. The number of nitrogens with zero attached hydrogens (tertiary/aromatic N) is 2. The summed E-state index contributed by atoms with van der Waals surface area (Å²) in [5.41, 5.74) is -0.697. The first-order valence-corrected chi connectivity index (χ1v) is 6.20. The lowest BCUT2D eigenvalue weighted by Gasteiger charge is -2.11. The van der Waals surface area contributed by atoms with Crippen LogP contribution < -0.4 is 5.32 Å². The molecule has 0 bridgehead atoms. The van der Waals surface area contributed by atoms with Gasteiger partial charge in [-0.15, -0.1) is 0 Å². The Balaban J connectivity index is 2.39. The molecule has 1 heterocycles. The number of hydrogen-bond acceptors (Lipinski definition) is 3. The highest BCUT2D eigenvalue weighted by Gasteiger charge is 2.31. The Bertz CT molecular complexity index is 677. The van der Waals surface area contributed by atoms with E-state index in [4.69, 9.17) is 5.26 Å². The van der Waals surface area contributed by atoms with Crippen molar-refractivity contribution < 1.29 is 13.2 Å². The number of alkyl halides is 3. The summed E-state index contributed by atoms with van der Waals surface area (Å²) in [5.74, 6) is 0.420. The molecule has 1 N–H and O–H groups in total. The molecule has 7 heteroatoms. The first-order chi connectivity index (χ1) is 9.41. The fourth-order valence-electron chi connectivity index (χ4n) is 1.53. The fourth-order valence-corrected chi connectivity index (χ4v) is 1.88. The van der Waals surface area contributed by atoms with Gasteiger partial charge in [0.1, 0.15) is 11.9 Å². The fraction of sp³-hybridized carbons (Fsp3) is 0.0769. The van der Waals surface area contributed by atoms with Gasteiger partial charge in [0.05, 0.1) is 21.3 Å². The van der Waals surface area contributed by atoms with E-state index in [0.717, 1.165) is 12.1 Å². The van der Waals surface area contributed by atoms with E-state index in [0.29, 0.717) is 10.3 Å². The van der Waals surface area contributed by atoms with Gasteiger partial charge < -0.3 is 5.32 Å². The zero-order valence-electron chi connectivity index (χ0n) is 9.87. The highest BCUT2D eigenvalue weighted by Crippen LogP contribution is 2.33. The minimum Gasteiger partial charge on any atom is -0.338 e. The monoisotopic (exact) mass is 341 g/mol. The Morgan fingerprint density at radius 1 is 1.25 bits per heavy atom. The molecule has 0 aliphatic heterocycles. The van der Waals surface area contributed by atoms with E-state index < -0.39 is 11.7 Å². The van der Waals surface area contributed by atoms with Gasteiger partial charge in [-0.1, -0.05) is 0 Å². The van der Waals surface area contributed by atoms with Crippen LogP contribution in [0.4, 0.5) is 24.7 Å². The smallest absolute Gasteiger partial charge is 0.338 e. The van der Waals surface area contributed by atoms with Crippen LogP contribution in [0.2, 0.25) is 0 Å². The summed E-state index contributed by atoms with van der Waals surface area (Å²) in [5, 5.41) is 11.8. The molecular weight excluding hydrogens is 335 g/mol. The lowest BCUT2D eigenvalue weighted by Crippen LogP contribution is -2.06. The van der Waals surface area contributed by atoms with Crippen molar-refractivity contribution in [3.63, 3.8) is 0 Å². The van der Waals surface area contributed by atoms with Crippen molar-refractivity contribution in [1.29, 1.82) is 5.26 Å². The number of halogens is 4. The minimum atomic E-state index is -4.48. The van der Waals surface area contributed by atoms with E-state index in [1.54, 1.807) is 18.2 Å². The maximum atomic E-state index is 12.6. The van der Waals surface area contributed by atoms with Crippen molar-refractivity contribution >= 4 is 27.4 Å². The zero-order valence-corrected chi connectivity index (χ0v) is 11.5. The van der Waals surface area contributed by atoms with E-state index in [1.165, 1.54) is 12.3 Å². The van der Waals surface area contributed by atoms with Crippen molar-refractivity contribution in [3.05, 3.63) is 52.1 Å². The molecule has 1 aromatic carbocycles. The molecule has 0 fully saturated rings. The van der Waals surface area contributed by atoms with E-state index in [-0.39, 0.29) is 11.3 Å². The average molecular weight is 342 g/mol. The quantitative estimate of drug-likeness (QED) is 0.876. The normalized spacial score (nSPS) is 10.9. The Labute approximate surface area is 121 Å². The van der Waals surface area contributed by atoms with E-state index in [9.17, 15) is 13.2 Å². The number of nitrogens with one attached hydrogen (secondary N) is 1. The van der Waals surface area contributed by atoms with Gasteiger partial charge in [0.15, 0.2) is 0 Å². The molecular formula is C13H7BrF3N3. The van der Waals surface area contributed by atoms with Gasteiger partial charge in [-0.05, 0) is 46.3 Å². The Hall–Kier alpha value is -2.07. The van der Waals surface area contributed by atoms with Crippen LogP contribution in [-0.2, 0) is 6.18 Å². The maximum absolute atomic E-state index is 12.6. The Kier molecular flexibility index (Phi) is 3.95. The van der Waals surface area contributed by atoms with Crippen LogP contribution in [0.5, 0.6) is 0 Å². The first-order valence-electron chi connectivity index (χ1n) is 5.40. The van der Waals surface area contributed by atoms with Crippen molar-refractivity contribution in [2.45, 2.75) is 6.18 Å². The van der Waals surface area contributed by atoms with Crippen molar-refractivity contribution in [1.82, 2.24) is 4.98 Å². The van der Waals surface area contributed by atoms with Gasteiger partial charge in [0.25, 0.3) is 0 Å². The summed E-state index contributed by atoms with van der Waals surface area (Å²) in [4.78, 5) is 4.03. The number of nitriles is 1. The van der Waals surface area contributed by atoms with E-state index >= 15 is 0 Å². The first kappa shape index (κ1) is 14.3. The minimum absolute atomic E-state index is 0.0996. The predicted octanol–water partition coefficient (Wildman–Crippen LogP) is 4.48. The maximum Gasteiger partial charge on any atom is 0.416 e. The highest BCUT2D eigenvalue weighted by molar-refractivity contribution is 9.10. The zero-order chi connectivity index (χ0) is 14.8. The molecule has 2 rings (SSSR count). The summed E-state index contributed by atoms with van der Waals surface area (Å²) in [6.45, 7) is 0. The van der Waals surface area contributed by atoms with Crippen LogP contribution >= 0.6 is 15.9 Å². The van der Waals surface area contributed by atoms with Gasteiger partial charge in [-0.3, -0.25) is 0 Å². The van der Waals surface area contributed by atoms with Gasteiger partial charge in [0, 0.05) is 6.20 Å². The third kappa shape index (κ3) is 3.08. The van der Waals surface area contributed by atoms with Gasteiger partial charge in [-0.25, -0.2) is 4.98 Å². The van der Waals surface area contributed by atoms with Crippen molar-refractivity contribution in [2.75, 3.05) is 5.32 Å². The number of benzene rings is 1. The lowest BCUT2D eigenvalue weighted by atomic mass is 10.1. The molecule has 20 heavy (non-hydrogen) atoms. The molecule has 0 atom stereocenters. The van der Waals surface area contributed by atoms with Crippen LogP contribution in [-0.4, -0.2) is 4.98 Å². The summed E-state index contributed by atoms with van der Waals surface area (Å²) in [6.07, 6.45) is -2.95. The highest BCUT2D eigenvalue weighted by atomic mass is 79.9. The topological polar surface area (TPSA) is 48.7 Å². The number of rotatable bonds is 2. The van der Waals surface area contributed by atoms with Gasteiger partial charge in [-0.2, -0.15) is 18.4 Å². The van der Waals surface area contributed by atoms with Crippen LogP contribution in [0.15, 0.2) is 41.0 Å². The van der Waals surface area contributed by atoms with Crippen LogP contribution in [0.1, 0.15) is 11.1 Å². The Morgan fingerprint density at radius 3 is 2.60 bits per heavy atom. The second kappa shape index (κ2) is 5.51. The SMILES string of the molecule is N#Cc1cc(C(F)(F)F)ccc1Nc1ncccc1Br. The molecule has 2 aromatic rings. The number of hydrogen-bond donors (Lipinski definition) is 1. The summed E-state index contributed by atoms with van der Waals surface area (Å²) < 4.78 is 38.4. The van der Waals surface area contributed by atoms with Gasteiger partial charge in [0.2, 0.25) is 0 Å². The average Bonchev–Trinajstić information content (AvgIpc) is 2.40. The third-order valence-corrected chi connectivity index (χ3v) is 3.12. The summed E-state index contributed by atoms with van der Waals surface area (Å²) >= 11 is 3.26. The molecule has 0 spiro atoms. The molecule has 0 aliphatic rings. The summed E-state index contributed by atoms with van der Waals surface area (Å²) in [7, 11) is 0.